The van der Waals surface area contributed by atoms with Gasteiger partial charge in [0, 0.05) is 31.2 Å². The van der Waals surface area contributed by atoms with Crippen LogP contribution >= 0.6 is 0 Å². The number of nitrogens with zero attached hydrogens (tertiary/aromatic N) is 1. The van der Waals surface area contributed by atoms with Crippen LogP contribution < -0.4 is 5.32 Å². The molecule has 1 heterocycles. The van der Waals surface area contributed by atoms with E-state index in [-0.39, 0.29) is 5.54 Å². The van der Waals surface area contributed by atoms with E-state index in [4.69, 9.17) is 0 Å². The molecule has 2 heteroatoms. The summed E-state index contributed by atoms with van der Waals surface area (Å²) in [5.41, 5.74) is 1.73. The maximum atomic E-state index is 3.80. The first-order chi connectivity index (χ1) is 10.1. The third kappa shape index (κ3) is 4.31. The van der Waals surface area contributed by atoms with Crippen molar-refractivity contribution in [1.82, 2.24) is 10.2 Å². The molecule has 1 aromatic rings. The first-order valence-electron chi connectivity index (χ1n) is 8.61. The summed E-state index contributed by atoms with van der Waals surface area (Å²) >= 11 is 0. The maximum absolute atomic E-state index is 3.80. The Labute approximate surface area is 130 Å². The summed E-state index contributed by atoms with van der Waals surface area (Å²) < 4.78 is 0. The Morgan fingerprint density at radius 2 is 2.00 bits per heavy atom. The highest BCUT2D eigenvalue weighted by Gasteiger charge is 2.35. The van der Waals surface area contributed by atoms with Crippen LogP contribution in [0.25, 0.3) is 0 Å². The second kappa shape index (κ2) is 7.42. The van der Waals surface area contributed by atoms with E-state index in [2.05, 4.69) is 68.2 Å². The molecule has 1 saturated heterocycles. The first-order valence-corrected chi connectivity index (χ1v) is 8.61. The van der Waals surface area contributed by atoms with Crippen molar-refractivity contribution in [3.05, 3.63) is 35.9 Å². The van der Waals surface area contributed by atoms with Crippen LogP contribution in [0, 0.1) is 5.92 Å². The molecular formula is C19H32N2. The zero-order valence-corrected chi connectivity index (χ0v) is 14.2. The fourth-order valence-electron chi connectivity index (χ4n) is 3.33. The Morgan fingerprint density at radius 3 is 2.62 bits per heavy atom. The number of rotatable bonds is 6. The molecule has 0 aliphatic carbocycles. The summed E-state index contributed by atoms with van der Waals surface area (Å²) in [6, 6.07) is 11.6. The molecule has 118 valence electrons. The highest BCUT2D eigenvalue weighted by Crippen LogP contribution is 2.24. The number of hydrogen-bond acceptors (Lipinski definition) is 2. The predicted molar refractivity (Wildman–Crippen MR) is 91.7 cm³/mol. The van der Waals surface area contributed by atoms with E-state index in [1.807, 2.05) is 0 Å². The Kier molecular flexibility index (Phi) is 5.83. The molecule has 0 bridgehead atoms. The van der Waals surface area contributed by atoms with Crippen LogP contribution in [0.2, 0.25) is 0 Å². The number of hydrogen-bond donors (Lipinski definition) is 1. The molecule has 2 rings (SSSR count). The van der Waals surface area contributed by atoms with Crippen LogP contribution in [-0.4, -0.2) is 36.1 Å². The zero-order chi connectivity index (χ0) is 15.3. The fraction of sp³-hybridized carbons (Fsp3) is 0.684. The highest BCUT2D eigenvalue weighted by molar-refractivity contribution is 5.15. The van der Waals surface area contributed by atoms with Crippen LogP contribution in [0.3, 0.4) is 0 Å². The van der Waals surface area contributed by atoms with Gasteiger partial charge in [-0.1, -0.05) is 57.5 Å². The summed E-state index contributed by atoms with van der Waals surface area (Å²) in [5, 5.41) is 3.80. The summed E-state index contributed by atoms with van der Waals surface area (Å²) in [7, 11) is 0. The van der Waals surface area contributed by atoms with Crippen molar-refractivity contribution in [3.8, 4) is 0 Å². The molecule has 3 atom stereocenters. The topological polar surface area (TPSA) is 15.3 Å². The lowest BCUT2D eigenvalue weighted by atomic mass is 9.88. The van der Waals surface area contributed by atoms with E-state index < -0.39 is 0 Å². The van der Waals surface area contributed by atoms with Crippen LogP contribution in [0.1, 0.15) is 46.1 Å². The van der Waals surface area contributed by atoms with E-state index in [0.29, 0.717) is 6.04 Å². The first kappa shape index (κ1) is 16.5. The Hall–Kier alpha value is -0.860. The quantitative estimate of drug-likeness (QED) is 0.858. The van der Waals surface area contributed by atoms with Gasteiger partial charge in [0.05, 0.1) is 0 Å². The molecule has 1 aromatic carbocycles. The molecule has 0 spiro atoms. The number of nitrogens with one attached hydrogen (secondary N) is 1. The van der Waals surface area contributed by atoms with Gasteiger partial charge in [-0.15, -0.1) is 0 Å². The average Bonchev–Trinajstić information content (AvgIpc) is 2.53. The highest BCUT2D eigenvalue weighted by atomic mass is 15.3. The minimum Gasteiger partial charge on any atom is -0.309 e. The SMILES string of the molecule is CCC(C)C1CNC(C)(CC)CN1CCc1ccccc1. The smallest absolute Gasteiger partial charge is 0.0278 e. The molecule has 1 fully saturated rings. The minimum absolute atomic E-state index is 0.278. The average molecular weight is 288 g/mol. The molecular weight excluding hydrogens is 256 g/mol. The molecule has 0 aromatic heterocycles. The van der Waals surface area contributed by atoms with Crippen LogP contribution in [-0.2, 0) is 6.42 Å². The third-order valence-corrected chi connectivity index (χ3v) is 5.37. The number of piperazine rings is 1. The molecule has 1 aliphatic rings. The van der Waals surface area contributed by atoms with Gasteiger partial charge in [0.25, 0.3) is 0 Å². The standard InChI is InChI=1S/C19H32N2/c1-5-16(3)18-14-20-19(4,6-2)15-21(18)13-12-17-10-8-7-9-11-17/h7-11,16,18,20H,5-6,12-15H2,1-4H3. The third-order valence-electron chi connectivity index (χ3n) is 5.37. The summed E-state index contributed by atoms with van der Waals surface area (Å²) in [6.07, 6.45) is 3.62. The maximum Gasteiger partial charge on any atom is 0.0278 e. The van der Waals surface area contributed by atoms with E-state index >= 15 is 0 Å². The van der Waals surface area contributed by atoms with E-state index in [1.54, 1.807) is 0 Å². The van der Waals surface area contributed by atoms with Gasteiger partial charge < -0.3 is 5.32 Å². The molecule has 3 unspecified atom stereocenters. The largest absolute Gasteiger partial charge is 0.309 e. The lowest BCUT2D eigenvalue weighted by Crippen LogP contribution is -2.64. The van der Waals surface area contributed by atoms with Gasteiger partial charge in [0.15, 0.2) is 0 Å². The molecule has 0 radical (unpaired) electrons. The van der Waals surface area contributed by atoms with Gasteiger partial charge in [0.1, 0.15) is 0 Å². The Balaban J connectivity index is 2.02. The normalized spacial score (nSPS) is 28.5. The van der Waals surface area contributed by atoms with Crippen molar-refractivity contribution < 1.29 is 0 Å². The monoisotopic (exact) mass is 288 g/mol. The lowest BCUT2D eigenvalue weighted by Gasteiger charge is -2.48. The van der Waals surface area contributed by atoms with Crippen molar-refractivity contribution in [2.24, 2.45) is 5.92 Å². The van der Waals surface area contributed by atoms with Gasteiger partial charge in [-0.3, -0.25) is 4.90 Å². The van der Waals surface area contributed by atoms with E-state index in [0.717, 1.165) is 18.9 Å². The van der Waals surface area contributed by atoms with Crippen molar-refractivity contribution in [2.45, 2.75) is 58.5 Å². The van der Waals surface area contributed by atoms with Crippen molar-refractivity contribution in [3.63, 3.8) is 0 Å². The second-order valence-corrected chi connectivity index (χ2v) is 6.95. The van der Waals surface area contributed by atoms with Crippen LogP contribution in [0.4, 0.5) is 0 Å². The molecule has 2 nitrogen and oxygen atoms in total. The summed E-state index contributed by atoms with van der Waals surface area (Å²) in [5.74, 6) is 0.759. The summed E-state index contributed by atoms with van der Waals surface area (Å²) in [4.78, 5) is 2.74. The number of benzene rings is 1. The molecule has 0 amide bonds. The van der Waals surface area contributed by atoms with Crippen LogP contribution in [0.5, 0.6) is 0 Å². The van der Waals surface area contributed by atoms with E-state index in [9.17, 15) is 0 Å². The summed E-state index contributed by atoms with van der Waals surface area (Å²) in [6.45, 7) is 12.9. The van der Waals surface area contributed by atoms with Crippen molar-refractivity contribution in [1.29, 1.82) is 0 Å². The molecule has 0 saturated carbocycles. The van der Waals surface area contributed by atoms with Crippen molar-refractivity contribution >= 4 is 0 Å². The molecule has 1 aliphatic heterocycles. The van der Waals surface area contributed by atoms with Gasteiger partial charge in [-0.05, 0) is 31.2 Å². The van der Waals surface area contributed by atoms with Gasteiger partial charge in [-0.2, -0.15) is 0 Å². The Bertz CT molecular complexity index is 417. The predicted octanol–water partition coefficient (Wildman–Crippen LogP) is 3.72. The zero-order valence-electron chi connectivity index (χ0n) is 14.2. The van der Waals surface area contributed by atoms with Crippen molar-refractivity contribution in [2.75, 3.05) is 19.6 Å². The van der Waals surface area contributed by atoms with Crippen LogP contribution in [0.15, 0.2) is 30.3 Å². The minimum atomic E-state index is 0.278. The molecule has 21 heavy (non-hydrogen) atoms. The fourth-order valence-corrected chi connectivity index (χ4v) is 3.33. The van der Waals surface area contributed by atoms with Gasteiger partial charge in [0.2, 0.25) is 0 Å². The van der Waals surface area contributed by atoms with Gasteiger partial charge >= 0.3 is 0 Å². The Morgan fingerprint density at radius 1 is 1.29 bits per heavy atom. The van der Waals surface area contributed by atoms with E-state index in [1.165, 1.54) is 31.5 Å². The second-order valence-electron chi connectivity index (χ2n) is 6.95. The van der Waals surface area contributed by atoms with Gasteiger partial charge in [-0.25, -0.2) is 0 Å². The lowest BCUT2D eigenvalue weighted by molar-refractivity contribution is 0.0560. The molecule has 1 N–H and O–H groups in total.